The fourth-order valence-electron chi connectivity index (χ4n) is 3.23. The molecule has 1 amide bonds. The van der Waals surface area contributed by atoms with Gasteiger partial charge >= 0.3 is 0 Å². The number of amides is 1. The van der Waals surface area contributed by atoms with Crippen LogP contribution in [-0.4, -0.2) is 22.5 Å². The molecule has 2 N–H and O–H groups in total. The number of rotatable bonds is 5. The van der Waals surface area contributed by atoms with Crippen LogP contribution < -0.4 is 10.6 Å². The quantitative estimate of drug-likeness (QED) is 0.520. The summed E-state index contributed by atoms with van der Waals surface area (Å²) >= 11 is 0. The van der Waals surface area contributed by atoms with E-state index < -0.39 is 0 Å². The third-order valence-electron chi connectivity index (χ3n) is 4.60. The second-order valence-electron chi connectivity index (χ2n) is 6.59. The number of pyridine rings is 1. The monoisotopic (exact) mass is 392 g/mol. The zero-order chi connectivity index (χ0) is 20.4. The molecule has 2 aromatic carbocycles. The summed E-state index contributed by atoms with van der Waals surface area (Å²) in [6, 6.07) is 15.6. The van der Waals surface area contributed by atoms with E-state index in [-0.39, 0.29) is 24.1 Å². The summed E-state index contributed by atoms with van der Waals surface area (Å²) in [6.07, 6.45) is 1.54. The molecule has 0 bridgehead atoms. The summed E-state index contributed by atoms with van der Waals surface area (Å²) < 4.78 is 29.1. The van der Waals surface area contributed by atoms with Gasteiger partial charge in [0, 0.05) is 24.5 Å². The number of benzene rings is 2. The number of nitrogens with one attached hydrogen (secondary N) is 2. The molecule has 0 aliphatic heterocycles. The van der Waals surface area contributed by atoms with Crippen molar-refractivity contribution in [2.45, 2.75) is 6.54 Å². The fourth-order valence-corrected chi connectivity index (χ4v) is 3.23. The van der Waals surface area contributed by atoms with Crippen LogP contribution in [0.5, 0.6) is 0 Å². The molecule has 4 aromatic rings. The minimum Gasteiger partial charge on any atom is -0.373 e. The van der Waals surface area contributed by atoms with Gasteiger partial charge in [0.1, 0.15) is 23.1 Å². The Kier molecular flexibility index (Phi) is 4.95. The highest BCUT2D eigenvalue weighted by Crippen LogP contribution is 2.24. The van der Waals surface area contributed by atoms with Crippen LogP contribution in [0.2, 0.25) is 0 Å². The van der Waals surface area contributed by atoms with E-state index in [1.807, 2.05) is 0 Å². The summed E-state index contributed by atoms with van der Waals surface area (Å²) in [6.45, 7) is 0.270. The summed E-state index contributed by atoms with van der Waals surface area (Å²) in [5, 5.41) is 6.31. The molecule has 0 unspecified atom stereocenters. The van der Waals surface area contributed by atoms with Crippen molar-refractivity contribution >= 4 is 28.3 Å². The predicted molar refractivity (Wildman–Crippen MR) is 109 cm³/mol. The van der Waals surface area contributed by atoms with Gasteiger partial charge in [-0.25, -0.2) is 13.8 Å². The molecule has 146 valence electrons. The van der Waals surface area contributed by atoms with Crippen molar-refractivity contribution in [3.63, 3.8) is 0 Å². The lowest BCUT2D eigenvalue weighted by atomic mass is 10.2. The number of anilines is 2. The number of aromatic nitrogens is 2. The maximum absolute atomic E-state index is 13.7. The Hall–Kier alpha value is -3.74. The molecule has 0 fully saturated rings. The molecule has 2 heterocycles. The van der Waals surface area contributed by atoms with Crippen molar-refractivity contribution in [2.75, 3.05) is 17.7 Å². The minimum absolute atomic E-state index is 0.270. The van der Waals surface area contributed by atoms with E-state index in [1.54, 1.807) is 54.2 Å². The van der Waals surface area contributed by atoms with Crippen molar-refractivity contribution in [1.82, 2.24) is 9.55 Å². The van der Waals surface area contributed by atoms with E-state index in [9.17, 15) is 13.6 Å². The van der Waals surface area contributed by atoms with Crippen molar-refractivity contribution in [2.24, 2.45) is 0 Å². The second-order valence-corrected chi connectivity index (χ2v) is 6.59. The molecule has 0 aliphatic rings. The molecule has 0 saturated heterocycles. The van der Waals surface area contributed by atoms with Gasteiger partial charge in [-0.2, -0.15) is 0 Å². The van der Waals surface area contributed by atoms with Crippen LogP contribution >= 0.6 is 0 Å². The molecule has 0 spiro atoms. The molecule has 2 aromatic heterocycles. The topological polar surface area (TPSA) is 58.9 Å². The van der Waals surface area contributed by atoms with E-state index in [1.165, 1.54) is 24.3 Å². The van der Waals surface area contributed by atoms with Gasteiger partial charge in [-0.05, 0) is 54.1 Å². The molecule has 0 aliphatic carbocycles. The Morgan fingerprint density at radius 1 is 1.03 bits per heavy atom. The van der Waals surface area contributed by atoms with Crippen LogP contribution in [0.1, 0.15) is 16.1 Å². The number of hydrogen-bond acceptors (Lipinski definition) is 3. The summed E-state index contributed by atoms with van der Waals surface area (Å²) in [7, 11) is 1.75. The Bertz CT molecular complexity index is 1190. The number of fused-ring (bicyclic) bond motifs is 1. The first-order valence-electron chi connectivity index (χ1n) is 9.02. The SMILES string of the molecule is CNc1ccc(NC(=O)c2cc3cc(F)ccc3n2Cc2cccc(F)c2)cn1. The molecule has 5 nitrogen and oxygen atoms in total. The van der Waals surface area contributed by atoms with Gasteiger partial charge in [0.25, 0.3) is 5.91 Å². The maximum atomic E-state index is 13.7. The first-order chi connectivity index (χ1) is 14.0. The minimum atomic E-state index is -0.390. The molecule has 29 heavy (non-hydrogen) atoms. The van der Waals surface area contributed by atoms with Gasteiger partial charge in [0.15, 0.2) is 0 Å². The van der Waals surface area contributed by atoms with E-state index >= 15 is 0 Å². The molecule has 0 saturated carbocycles. The average molecular weight is 392 g/mol. The van der Waals surface area contributed by atoms with Gasteiger partial charge < -0.3 is 15.2 Å². The molecular formula is C22H18F2N4O. The van der Waals surface area contributed by atoms with Crippen molar-refractivity contribution in [1.29, 1.82) is 0 Å². The zero-order valence-corrected chi connectivity index (χ0v) is 15.6. The van der Waals surface area contributed by atoms with Gasteiger partial charge in [-0.3, -0.25) is 4.79 Å². The second kappa shape index (κ2) is 7.71. The normalized spacial score (nSPS) is 10.9. The molecular weight excluding hydrogens is 374 g/mol. The first kappa shape index (κ1) is 18.6. The van der Waals surface area contributed by atoms with Crippen LogP contribution in [0, 0.1) is 11.6 Å². The highest BCUT2D eigenvalue weighted by atomic mass is 19.1. The first-order valence-corrected chi connectivity index (χ1v) is 9.02. The summed E-state index contributed by atoms with van der Waals surface area (Å²) in [5.74, 6) is -0.429. The van der Waals surface area contributed by atoms with Crippen LogP contribution in [0.3, 0.4) is 0 Å². The van der Waals surface area contributed by atoms with Crippen LogP contribution in [-0.2, 0) is 6.54 Å². The number of carbonyl (C=O) groups is 1. The van der Waals surface area contributed by atoms with Gasteiger partial charge in [-0.1, -0.05) is 12.1 Å². The maximum Gasteiger partial charge on any atom is 0.272 e. The van der Waals surface area contributed by atoms with Crippen LogP contribution in [0.4, 0.5) is 20.3 Å². The largest absolute Gasteiger partial charge is 0.373 e. The lowest BCUT2D eigenvalue weighted by molar-refractivity contribution is 0.101. The molecule has 0 atom stereocenters. The summed E-state index contributed by atoms with van der Waals surface area (Å²) in [5.41, 5.74) is 2.25. The third kappa shape index (κ3) is 3.94. The Morgan fingerprint density at radius 2 is 1.86 bits per heavy atom. The van der Waals surface area contributed by atoms with Crippen molar-refractivity contribution in [3.8, 4) is 0 Å². The number of carbonyl (C=O) groups excluding carboxylic acids is 1. The highest BCUT2D eigenvalue weighted by molar-refractivity contribution is 6.06. The predicted octanol–water partition coefficient (Wildman–Crippen LogP) is 4.66. The number of nitrogens with zero attached hydrogens (tertiary/aromatic N) is 2. The summed E-state index contributed by atoms with van der Waals surface area (Å²) in [4.78, 5) is 17.1. The number of hydrogen-bond donors (Lipinski definition) is 2. The Balaban J connectivity index is 1.72. The van der Waals surface area contributed by atoms with Crippen molar-refractivity contribution in [3.05, 3.63) is 89.8 Å². The molecule has 0 radical (unpaired) electrons. The molecule has 4 rings (SSSR count). The highest BCUT2D eigenvalue weighted by Gasteiger charge is 2.17. The fraction of sp³-hybridized carbons (Fsp3) is 0.0909. The van der Waals surface area contributed by atoms with Crippen LogP contribution in [0.25, 0.3) is 10.9 Å². The third-order valence-corrected chi connectivity index (χ3v) is 4.60. The van der Waals surface area contributed by atoms with Gasteiger partial charge in [0.05, 0.1) is 11.9 Å². The zero-order valence-electron chi connectivity index (χ0n) is 15.6. The molecule has 7 heteroatoms. The standard InChI is InChI=1S/C22H18F2N4O/c1-25-21-8-6-18(12-26-21)27-22(29)20-11-15-10-17(24)5-7-19(15)28(20)13-14-3-2-4-16(23)9-14/h2-12H,13H2,1H3,(H,25,26)(H,27,29). The van der Waals surface area contributed by atoms with E-state index in [4.69, 9.17) is 0 Å². The van der Waals surface area contributed by atoms with Crippen molar-refractivity contribution < 1.29 is 13.6 Å². The number of halogens is 2. The lowest BCUT2D eigenvalue weighted by Crippen LogP contribution is -2.17. The smallest absolute Gasteiger partial charge is 0.272 e. The van der Waals surface area contributed by atoms with E-state index in [2.05, 4.69) is 15.6 Å². The van der Waals surface area contributed by atoms with E-state index in [0.29, 0.717) is 33.7 Å². The lowest BCUT2D eigenvalue weighted by Gasteiger charge is -2.12. The Morgan fingerprint density at radius 3 is 2.59 bits per heavy atom. The van der Waals surface area contributed by atoms with Crippen LogP contribution in [0.15, 0.2) is 66.9 Å². The van der Waals surface area contributed by atoms with Gasteiger partial charge in [0.2, 0.25) is 0 Å². The van der Waals surface area contributed by atoms with E-state index in [0.717, 1.165) is 0 Å². The average Bonchev–Trinajstić information content (AvgIpc) is 3.06. The van der Waals surface area contributed by atoms with Gasteiger partial charge in [-0.15, -0.1) is 0 Å². The Labute approximate surface area is 166 Å².